The second kappa shape index (κ2) is 5.69. The van der Waals surface area contributed by atoms with Crippen molar-refractivity contribution >= 4 is 23.1 Å². The molecule has 1 aromatic carbocycles. The minimum Gasteiger partial charge on any atom is -0.507 e. The third-order valence-corrected chi connectivity index (χ3v) is 5.42. The third kappa shape index (κ3) is 3.83. The van der Waals surface area contributed by atoms with Crippen molar-refractivity contribution in [1.29, 1.82) is 0 Å². The maximum Gasteiger partial charge on any atom is 0.123 e. The zero-order valence-electron chi connectivity index (χ0n) is 13.7. The monoisotopic (exact) mass is 320 g/mol. The molecule has 21 heavy (non-hydrogen) atoms. The van der Waals surface area contributed by atoms with E-state index in [4.69, 9.17) is 0 Å². The van der Waals surface area contributed by atoms with Crippen molar-refractivity contribution in [2.24, 2.45) is 0 Å². The van der Waals surface area contributed by atoms with Gasteiger partial charge in [-0.15, -0.1) is 11.3 Å². The Bertz CT molecular complexity index is 579. The van der Waals surface area contributed by atoms with Crippen LogP contribution in [0.4, 0.5) is 0 Å². The molecule has 0 saturated heterocycles. The van der Waals surface area contributed by atoms with E-state index in [1.54, 1.807) is 23.1 Å². The number of phenols is 1. The van der Waals surface area contributed by atoms with Crippen LogP contribution in [0.1, 0.15) is 52.7 Å². The van der Waals surface area contributed by atoms with E-state index in [9.17, 15) is 5.11 Å². The lowest BCUT2D eigenvalue weighted by atomic mass is 9.79. The quantitative estimate of drug-likeness (QED) is 0.711. The molecule has 1 nitrogen and oxygen atoms in total. The largest absolute Gasteiger partial charge is 0.507 e. The second-order valence-electron chi connectivity index (χ2n) is 7.40. The summed E-state index contributed by atoms with van der Waals surface area (Å²) in [5, 5.41) is 12.8. The molecule has 0 amide bonds. The molecule has 2 rings (SSSR count). The predicted molar refractivity (Wildman–Crippen MR) is 93.9 cm³/mol. The van der Waals surface area contributed by atoms with Gasteiger partial charge in [-0.25, -0.2) is 0 Å². The van der Waals surface area contributed by atoms with Crippen LogP contribution in [-0.2, 0) is 10.8 Å². The summed E-state index contributed by atoms with van der Waals surface area (Å²) in [6, 6.07) is 8.47. The van der Waals surface area contributed by atoms with Crippen LogP contribution in [-0.4, -0.2) is 5.11 Å². The Hall–Kier alpha value is -0.930. The number of phenolic OH excluding ortho intramolecular Hbond substituents is 1. The van der Waals surface area contributed by atoms with Crippen molar-refractivity contribution in [3.8, 4) is 5.75 Å². The molecule has 0 unspecified atom stereocenters. The normalized spacial score (nSPS) is 12.7. The number of thiophene rings is 1. The molecule has 1 aromatic heterocycles. The number of hydrogen-bond donors (Lipinski definition) is 1. The van der Waals surface area contributed by atoms with E-state index in [0.717, 1.165) is 11.1 Å². The molecular weight excluding hydrogens is 296 g/mol. The topological polar surface area (TPSA) is 20.2 Å². The Morgan fingerprint density at radius 1 is 0.952 bits per heavy atom. The molecule has 2 aromatic rings. The average Bonchev–Trinajstić information content (AvgIpc) is 2.81. The summed E-state index contributed by atoms with van der Waals surface area (Å²) in [4.78, 5) is 1.20. The fraction of sp³-hybridized carbons (Fsp3) is 0.444. The maximum atomic E-state index is 10.7. The lowest BCUT2D eigenvalue weighted by Gasteiger charge is -2.28. The van der Waals surface area contributed by atoms with Crippen molar-refractivity contribution < 1.29 is 5.11 Å². The highest BCUT2D eigenvalue weighted by atomic mass is 32.2. The van der Waals surface area contributed by atoms with Gasteiger partial charge in [-0.1, -0.05) is 59.4 Å². The number of rotatable bonds is 2. The summed E-state index contributed by atoms with van der Waals surface area (Å²) < 4.78 is 1.28. The summed E-state index contributed by atoms with van der Waals surface area (Å²) in [5.41, 5.74) is 1.90. The molecule has 0 aliphatic carbocycles. The van der Waals surface area contributed by atoms with Crippen molar-refractivity contribution in [2.75, 3.05) is 0 Å². The van der Waals surface area contributed by atoms with Gasteiger partial charge in [0.15, 0.2) is 0 Å². The molecule has 114 valence electrons. The first-order chi connectivity index (χ1) is 9.59. The van der Waals surface area contributed by atoms with Gasteiger partial charge in [-0.2, -0.15) is 0 Å². The van der Waals surface area contributed by atoms with E-state index in [2.05, 4.69) is 71.2 Å². The SMILES string of the molecule is CC(C)(C)c1cc(Sc2cccs2)cc(C(C)(C)C)c1O. The Morgan fingerprint density at radius 2 is 1.48 bits per heavy atom. The average molecular weight is 321 g/mol. The van der Waals surface area contributed by atoms with Crippen molar-refractivity contribution in [3.05, 3.63) is 40.8 Å². The van der Waals surface area contributed by atoms with E-state index in [1.165, 1.54) is 9.10 Å². The molecule has 0 aliphatic heterocycles. The predicted octanol–water partition coefficient (Wildman–Crippen LogP) is 6.20. The maximum absolute atomic E-state index is 10.7. The standard InChI is InChI=1S/C18H24OS2/c1-17(2,3)13-10-12(21-15-8-7-9-20-15)11-14(16(13)19)18(4,5)6/h7-11,19H,1-6H3. The summed E-state index contributed by atoms with van der Waals surface area (Å²) in [5.74, 6) is 0.450. The van der Waals surface area contributed by atoms with Crippen LogP contribution in [0, 0.1) is 0 Å². The Kier molecular flexibility index (Phi) is 4.46. The third-order valence-electron chi connectivity index (χ3n) is 3.41. The first kappa shape index (κ1) is 16.4. The molecule has 1 heterocycles. The minimum atomic E-state index is -0.0733. The smallest absolute Gasteiger partial charge is 0.123 e. The lowest BCUT2D eigenvalue weighted by molar-refractivity contribution is 0.422. The number of hydrogen-bond acceptors (Lipinski definition) is 3. The van der Waals surface area contributed by atoms with E-state index in [1.807, 2.05) is 0 Å². The lowest BCUT2D eigenvalue weighted by Crippen LogP contribution is -2.17. The minimum absolute atomic E-state index is 0.0733. The highest BCUT2D eigenvalue weighted by molar-refractivity contribution is 8.01. The molecular formula is C18H24OS2. The van der Waals surface area contributed by atoms with Crippen LogP contribution in [0.5, 0.6) is 5.75 Å². The van der Waals surface area contributed by atoms with Crippen molar-refractivity contribution in [2.45, 2.75) is 61.5 Å². The number of benzene rings is 1. The summed E-state index contributed by atoms with van der Waals surface area (Å²) in [6.07, 6.45) is 0. The first-order valence-corrected chi connectivity index (χ1v) is 8.88. The molecule has 0 saturated carbocycles. The Balaban J connectivity index is 2.56. The van der Waals surface area contributed by atoms with Crippen molar-refractivity contribution in [1.82, 2.24) is 0 Å². The van der Waals surface area contributed by atoms with Gasteiger partial charge in [0, 0.05) is 16.0 Å². The van der Waals surface area contributed by atoms with E-state index in [-0.39, 0.29) is 10.8 Å². The summed E-state index contributed by atoms with van der Waals surface area (Å²) in [6.45, 7) is 12.9. The summed E-state index contributed by atoms with van der Waals surface area (Å²) in [7, 11) is 0. The molecule has 0 aliphatic rings. The Labute approximate surface area is 136 Å². The van der Waals surface area contributed by atoms with Gasteiger partial charge in [0.05, 0.1) is 4.21 Å². The second-order valence-corrected chi connectivity index (χ2v) is 9.72. The zero-order valence-corrected chi connectivity index (χ0v) is 15.3. The molecule has 0 bridgehead atoms. The highest BCUT2D eigenvalue weighted by Gasteiger charge is 2.26. The van der Waals surface area contributed by atoms with Crippen LogP contribution in [0.2, 0.25) is 0 Å². The fourth-order valence-corrected chi connectivity index (χ4v) is 4.08. The van der Waals surface area contributed by atoms with Gasteiger partial charge < -0.3 is 5.11 Å². The molecule has 0 radical (unpaired) electrons. The van der Waals surface area contributed by atoms with Crippen LogP contribution < -0.4 is 0 Å². The van der Waals surface area contributed by atoms with Gasteiger partial charge in [0.25, 0.3) is 0 Å². The van der Waals surface area contributed by atoms with Crippen molar-refractivity contribution in [3.63, 3.8) is 0 Å². The van der Waals surface area contributed by atoms with Crippen LogP contribution in [0.3, 0.4) is 0 Å². The van der Waals surface area contributed by atoms with E-state index in [0.29, 0.717) is 5.75 Å². The van der Waals surface area contributed by atoms with Crippen LogP contribution in [0.25, 0.3) is 0 Å². The van der Waals surface area contributed by atoms with Gasteiger partial charge >= 0.3 is 0 Å². The molecule has 0 atom stereocenters. The molecule has 0 spiro atoms. The summed E-state index contributed by atoms with van der Waals surface area (Å²) >= 11 is 3.52. The molecule has 1 N–H and O–H groups in total. The Morgan fingerprint density at radius 3 is 1.86 bits per heavy atom. The van der Waals surface area contributed by atoms with E-state index < -0.39 is 0 Å². The molecule has 3 heteroatoms. The van der Waals surface area contributed by atoms with Gasteiger partial charge in [0.1, 0.15) is 5.75 Å². The van der Waals surface area contributed by atoms with E-state index >= 15 is 0 Å². The van der Waals surface area contributed by atoms with Gasteiger partial charge in [-0.05, 0) is 34.4 Å². The van der Waals surface area contributed by atoms with Gasteiger partial charge in [-0.3, -0.25) is 0 Å². The van der Waals surface area contributed by atoms with Crippen LogP contribution in [0.15, 0.2) is 38.8 Å². The van der Waals surface area contributed by atoms with Crippen LogP contribution >= 0.6 is 23.1 Å². The zero-order chi connectivity index (χ0) is 15.8. The highest BCUT2D eigenvalue weighted by Crippen LogP contribution is 2.43. The van der Waals surface area contributed by atoms with Gasteiger partial charge in [0.2, 0.25) is 0 Å². The fourth-order valence-electron chi connectivity index (χ4n) is 2.25. The number of aromatic hydroxyl groups is 1. The molecule has 0 fully saturated rings. The first-order valence-electron chi connectivity index (χ1n) is 7.18.